The molecule has 1 aromatic carbocycles. The number of aliphatic hydroxyl groups excluding tert-OH is 1. The third-order valence-corrected chi connectivity index (χ3v) is 2.81. The molecule has 0 aliphatic heterocycles. The predicted molar refractivity (Wildman–Crippen MR) is 65.0 cm³/mol. The van der Waals surface area contributed by atoms with Crippen LogP contribution in [-0.2, 0) is 6.54 Å². The number of halogens is 3. The molecule has 0 radical (unpaired) electrons. The number of hydrogen-bond donors (Lipinski definition) is 4. The van der Waals surface area contributed by atoms with Gasteiger partial charge in [-0.15, -0.1) is 0 Å². The van der Waals surface area contributed by atoms with Crippen LogP contribution in [0.5, 0.6) is 5.75 Å². The van der Waals surface area contributed by atoms with Gasteiger partial charge in [0.1, 0.15) is 25.4 Å². The molecule has 0 aromatic heterocycles. The Morgan fingerprint density at radius 2 is 1.72 bits per heavy atom. The molecule has 1 aromatic rings. The molecule has 6 N–H and O–H groups in total. The van der Waals surface area contributed by atoms with Gasteiger partial charge in [0.2, 0.25) is 0 Å². The molecular weight excluding hydrogens is 343 g/mol. The first-order valence-electron chi connectivity index (χ1n) is 5.45. The summed E-state index contributed by atoms with van der Waals surface area (Å²) in [4.78, 5) is 0. The van der Waals surface area contributed by atoms with Gasteiger partial charge in [-0.2, -0.15) is 0 Å². The molecule has 7 heteroatoms. The highest BCUT2D eigenvalue weighted by Crippen LogP contribution is 2.20. The van der Waals surface area contributed by atoms with Crippen molar-refractivity contribution in [2.24, 2.45) is 0 Å². The maximum Gasteiger partial charge on any atom is 0.125 e. The fourth-order valence-electron chi connectivity index (χ4n) is 1.45. The number of phenolic OH excluding ortho intramolecular Hbond substituents is 1. The van der Waals surface area contributed by atoms with E-state index in [2.05, 4.69) is 26.6 Å². The van der Waals surface area contributed by atoms with Crippen LogP contribution in [-0.4, -0.2) is 36.5 Å². The molecule has 0 aliphatic rings. The lowest BCUT2D eigenvalue weighted by Gasteiger charge is -2.04. The third-order valence-electron chi connectivity index (χ3n) is 2.31. The van der Waals surface area contributed by atoms with Gasteiger partial charge in [0.25, 0.3) is 0 Å². The number of benzene rings is 1. The number of nitrogens with two attached hydrogens (primary N) is 2. The highest BCUT2D eigenvalue weighted by molar-refractivity contribution is 9.10. The molecule has 0 atom stereocenters. The maximum atomic E-state index is 9.59. The quantitative estimate of drug-likeness (QED) is 0.364. The molecular formula is C11H19BrCl2N2O2. The van der Waals surface area contributed by atoms with Crippen molar-refractivity contribution >= 4 is 15.9 Å². The summed E-state index contributed by atoms with van der Waals surface area (Å²) in [6, 6.07) is 5.46. The number of rotatable bonds is 7. The second kappa shape index (κ2) is 12.0. The van der Waals surface area contributed by atoms with Gasteiger partial charge in [-0.25, -0.2) is 0 Å². The van der Waals surface area contributed by atoms with Crippen LogP contribution in [0.1, 0.15) is 5.56 Å². The van der Waals surface area contributed by atoms with Gasteiger partial charge in [-0.3, -0.25) is 0 Å². The van der Waals surface area contributed by atoms with Gasteiger partial charge in [-0.05, 0) is 18.2 Å². The van der Waals surface area contributed by atoms with E-state index in [9.17, 15) is 5.11 Å². The van der Waals surface area contributed by atoms with E-state index >= 15 is 0 Å². The van der Waals surface area contributed by atoms with Gasteiger partial charge in [-0.1, -0.05) is 15.9 Å². The van der Waals surface area contributed by atoms with Crippen LogP contribution in [0.4, 0.5) is 0 Å². The Hall–Kier alpha value is -0.0400. The van der Waals surface area contributed by atoms with E-state index in [1.165, 1.54) is 0 Å². The summed E-state index contributed by atoms with van der Waals surface area (Å²) in [5.41, 5.74) is 0.941. The number of quaternary nitrogens is 2. The number of aliphatic hydroxyl groups is 1. The van der Waals surface area contributed by atoms with Crippen LogP contribution in [0.25, 0.3) is 0 Å². The van der Waals surface area contributed by atoms with Crippen LogP contribution in [0.3, 0.4) is 0 Å². The summed E-state index contributed by atoms with van der Waals surface area (Å²) in [5.74, 6) is 0.346. The summed E-state index contributed by atoms with van der Waals surface area (Å²) in [6.45, 7) is 3.72. The van der Waals surface area contributed by atoms with Crippen molar-refractivity contribution in [3.05, 3.63) is 28.2 Å². The minimum Gasteiger partial charge on any atom is -1.00 e. The Labute approximate surface area is 128 Å². The third kappa shape index (κ3) is 8.13. The zero-order valence-electron chi connectivity index (χ0n) is 9.95. The second-order valence-corrected chi connectivity index (χ2v) is 4.56. The Balaban J connectivity index is 0. The summed E-state index contributed by atoms with van der Waals surface area (Å²) < 4.78 is 0.987. The van der Waals surface area contributed by atoms with E-state index < -0.39 is 0 Å². The van der Waals surface area contributed by atoms with E-state index in [0.717, 1.165) is 36.2 Å². The smallest absolute Gasteiger partial charge is 0.125 e. The summed E-state index contributed by atoms with van der Waals surface area (Å²) >= 11 is 3.38. The summed E-state index contributed by atoms with van der Waals surface area (Å²) in [5, 5.41) is 22.4. The van der Waals surface area contributed by atoms with E-state index in [-0.39, 0.29) is 31.4 Å². The molecule has 0 saturated carbocycles. The largest absolute Gasteiger partial charge is 1.00 e. The minimum absolute atomic E-state index is 0. The fraction of sp³-hybridized carbons (Fsp3) is 0.455. The normalized spacial score (nSPS) is 9.44. The first-order valence-corrected chi connectivity index (χ1v) is 6.25. The number of aromatic hydroxyl groups is 1. The van der Waals surface area contributed by atoms with Crippen molar-refractivity contribution < 1.29 is 45.7 Å². The lowest BCUT2D eigenvalue weighted by molar-refractivity contribution is -0.731. The minimum atomic E-state index is 0. The predicted octanol–water partition coefficient (Wildman–Crippen LogP) is -7.22. The fourth-order valence-corrected chi connectivity index (χ4v) is 1.85. The van der Waals surface area contributed by atoms with Crippen molar-refractivity contribution in [1.29, 1.82) is 0 Å². The van der Waals surface area contributed by atoms with Crippen molar-refractivity contribution in [3.8, 4) is 5.75 Å². The van der Waals surface area contributed by atoms with Crippen LogP contribution in [0.2, 0.25) is 0 Å². The Morgan fingerprint density at radius 3 is 2.39 bits per heavy atom. The zero-order valence-corrected chi connectivity index (χ0v) is 13.0. The molecule has 0 spiro atoms. The Bertz CT molecular complexity index is 330. The Kier molecular flexibility index (Phi) is 13.5. The highest BCUT2D eigenvalue weighted by Gasteiger charge is 2.03. The van der Waals surface area contributed by atoms with Gasteiger partial charge < -0.3 is 45.7 Å². The average Bonchev–Trinajstić information content (AvgIpc) is 2.28. The van der Waals surface area contributed by atoms with Gasteiger partial charge in [0, 0.05) is 10.0 Å². The Morgan fingerprint density at radius 1 is 1.06 bits per heavy atom. The lowest BCUT2D eigenvalue weighted by Crippen LogP contribution is -3.00. The zero-order chi connectivity index (χ0) is 11.8. The van der Waals surface area contributed by atoms with E-state index in [4.69, 9.17) is 5.11 Å². The van der Waals surface area contributed by atoms with Crippen molar-refractivity contribution in [1.82, 2.24) is 0 Å². The molecule has 1 rings (SSSR count). The van der Waals surface area contributed by atoms with Crippen molar-refractivity contribution in [2.75, 3.05) is 26.2 Å². The molecule has 4 nitrogen and oxygen atoms in total. The van der Waals surface area contributed by atoms with Gasteiger partial charge in [0.05, 0.1) is 13.2 Å². The SMILES string of the molecule is OCC[NH2+]CC[NH2+]Cc1cc(Br)ccc1O.[Cl-].[Cl-]. The summed E-state index contributed by atoms with van der Waals surface area (Å²) in [7, 11) is 0. The number of hydrogen-bond acceptors (Lipinski definition) is 2. The topological polar surface area (TPSA) is 73.7 Å². The molecule has 0 heterocycles. The lowest BCUT2D eigenvalue weighted by atomic mass is 10.2. The van der Waals surface area contributed by atoms with Crippen molar-refractivity contribution in [2.45, 2.75) is 6.54 Å². The molecule has 106 valence electrons. The van der Waals surface area contributed by atoms with Crippen molar-refractivity contribution in [3.63, 3.8) is 0 Å². The van der Waals surface area contributed by atoms with Crippen LogP contribution >= 0.6 is 15.9 Å². The average molecular weight is 362 g/mol. The van der Waals surface area contributed by atoms with E-state index in [1.807, 2.05) is 12.1 Å². The van der Waals surface area contributed by atoms with Crippen LogP contribution in [0.15, 0.2) is 22.7 Å². The first kappa shape index (κ1) is 20.3. The molecule has 0 aliphatic carbocycles. The molecule has 0 fully saturated rings. The molecule has 0 bridgehead atoms. The molecule has 18 heavy (non-hydrogen) atoms. The summed E-state index contributed by atoms with van der Waals surface area (Å²) in [6.07, 6.45) is 0. The highest BCUT2D eigenvalue weighted by atomic mass is 79.9. The van der Waals surface area contributed by atoms with E-state index in [1.54, 1.807) is 6.07 Å². The molecule has 0 saturated heterocycles. The monoisotopic (exact) mass is 360 g/mol. The van der Waals surface area contributed by atoms with Crippen LogP contribution < -0.4 is 35.4 Å². The van der Waals surface area contributed by atoms with Crippen LogP contribution in [0, 0.1) is 0 Å². The van der Waals surface area contributed by atoms with Gasteiger partial charge in [0.15, 0.2) is 0 Å². The molecule has 0 amide bonds. The number of phenols is 1. The van der Waals surface area contributed by atoms with Gasteiger partial charge >= 0.3 is 0 Å². The van der Waals surface area contributed by atoms with E-state index in [0.29, 0.717) is 5.75 Å². The standard InChI is InChI=1S/C11H17BrN2O2.2ClH/c12-10-1-2-11(16)9(7-10)8-14-4-3-13-5-6-15;;/h1-2,7,13-16H,3-6,8H2;2*1H. The first-order chi connectivity index (χ1) is 7.74. The second-order valence-electron chi connectivity index (χ2n) is 3.64. The molecule has 0 unspecified atom stereocenters. The maximum absolute atomic E-state index is 9.59.